The highest BCUT2D eigenvalue weighted by Crippen LogP contribution is 2.28. The number of hydrogen-bond acceptors (Lipinski definition) is 6. The molecule has 1 unspecified atom stereocenters. The number of nitro benzene ring substituents is 1. The summed E-state index contributed by atoms with van der Waals surface area (Å²) < 4.78 is 10.2. The van der Waals surface area contributed by atoms with Crippen molar-refractivity contribution in [3.8, 4) is 0 Å². The summed E-state index contributed by atoms with van der Waals surface area (Å²) in [6.45, 7) is 1.97. The Morgan fingerprint density at radius 3 is 2.74 bits per heavy atom. The first-order valence-corrected chi connectivity index (χ1v) is 5.71. The summed E-state index contributed by atoms with van der Waals surface area (Å²) in [5.41, 5.74) is 0.622. The van der Waals surface area contributed by atoms with Crippen LogP contribution in [0.5, 0.6) is 0 Å². The van der Waals surface area contributed by atoms with E-state index in [1.54, 1.807) is 19.1 Å². The molecule has 1 aromatic carbocycles. The van der Waals surface area contributed by atoms with Gasteiger partial charge in [0.2, 0.25) is 0 Å². The van der Waals surface area contributed by atoms with Crippen LogP contribution >= 0.6 is 0 Å². The molecule has 0 saturated heterocycles. The number of hydrogen-bond donors (Lipinski definition) is 0. The maximum atomic E-state index is 11.7. The highest BCUT2D eigenvalue weighted by atomic mass is 16.6. The van der Waals surface area contributed by atoms with Crippen LogP contribution in [0.1, 0.15) is 18.6 Å². The van der Waals surface area contributed by atoms with Gasteiger partial charge in [-0.2, -0.15) is 0 Å². The molecule has 1 aliphatic rings. The van der Waals surface area contributed by atoms with Gasteiger partial charge < -0.3 is 9.47 Å². The van der Waals surface area contributed by atoms with Crippen molar-refractivity contribution >= 4 is 18.1 Å². The largest absolute Gasteiger partial charge is 0.473 e. The van der Waals surface area contributed by atoms with E-state index in [9.17, 15) is 14.9 Å². The summed E-state index contributed by atoms with van der Waals surface area (Å²) in [5.74, 6) is -0.473. The van der Waals surface area contributed by atoms with E-state index < -0.39 is 23.0 Å². The second-order valence-corrected chi connectivity index (χ2v) is 3.86. The van der Waals surface area contributed by atoms with Gasteiger partial charge in [0.05, 0.1) is 11.5 Å². The molecule has 0 aliphatic carbocycles. The lowest BCUT2D eigenvalue weighted by Gasteiger charge is -2.16. The molecule has 1 heterocycles. The van der Waals surface area contributed by atoms with Gasteiger partial charge in [0.15, 0.2) is 18.5 Å². The van der Waals surface area contributed by atoms with E-state index in [1.807, 2.05) is 0 Å². The SMILES string of the molecule is CCOC(=O)[C@@H]1N=COC1c1ccc([N+](=O)[O-])cc1. The predicted molar refractivity (Wildman–Crippen MR) is 65.8 cm³/mol. The number of nitrogens with zero attached hydrogens (tertiary/aromatic N) is 2. The zero-order valence-corrected chi connectivity index (χ0v) is 10.2. The number of nitro groups is 1. The zero-order chi connectivity index (χ0) is 13.8. The van der Waals surface area contributed by atoms with Crippen molar-refractivity contribution in [1.82, 2.24) is 0 Å². The third-order valence-corrected chi connectivity index (χ3v) is 2.68. The molecule has 7 heteroatoms. The number of carbonyl (C=O) groups is 1. The third-order valence-electron chi connectivity index (χ3n) is 2.68. The Balaban J connectivity index is 2.16. The second kappa shape index (κ2) is 5.47. The minimum absolute atomic E-state index is 0.0182. The fourth-order valence-corrected chi connectivity index (χ4v) is 1.78. The molecule has 2 rings (SSSR count). The van der Waals surface area contributed by atoms with E-state index in [4.69, 9.17) is 9.47 Å². The van der Waals surface area contributed by atoms with E-state index in [2.05, 4.69) is 4.99 Å². The van der Waals surface area contributed by atoms with E-state index in [1.165, 1.54) is 18.5 Å². The van der Waals surface area contributed by atoms with Crippen molar-refractivity contribution in [3.05, 3.63) is 39.9 Å². The van der Waals surface area contributed by atoms with Crippen LogP contribution in [0, 0.1) is 10.1 Å². The molecular weight excluding hydrogens is 252 g/mol. The second-order valence-electron chi connectivity index (χ2n) is 3.86. The summed E-state index contributed by atoms with van der Waals surface area (Å²) in [5, 5.41) is 10.6. The van der Waals surface area contributed by atoms with Gasteiger partial charge >= 0.3 is 5.97 Å². The topological polar surface area (TPSA) is 91.0 Å². The normalized spacial score (nSPS) is 20.9. The van der Waals surface area contributed by atoms with Crippen molar-refractivity contribution in [2.24, 2.45) is 4.99 Å². The average Bonchev–Trinajstić information content (AvgIpc) is 2.88. The predicted octanol–water partition coefficient (Wildman–Crippen LogP) is 1.63. The lowest BCUT2D eigenvalue weighted by molar-refractivity contribution is -0.384. The van der Waals surface area contributed by atoms with E-state index in [0.717, 1.165) is 0 Å². The molecule has 1 aromatic rings. The Morgan fingerprint density at radius 2 is 2.16 bits per heavy atom. The molecule has 0 fully saturated rings. The summed E-state index contributed by atoms with van der Waals surface area (Å²) in [6, 6.07) is 5.05. The van der Waals surface area contributed by atoms with Gasteiger partial charge in [-0.25, -0.2) is 9.79 Å². The lowest BCUT2D eigenvalue weighted by Crippen LogP contribution is -2.26. The molecule has 100 valence electrons. The molecule has 0 saturated carbocycles. The Labute approximate surface area is 109 Å². The first kappa shape index (κ1) is 13.0. The Morgan fingerprint density at radius 1 is 1.47 bits per heavy atom. The van der Waals surface area contributed by atoms with Crippen molar-refractivity contribution in [3.63, 3.8) is 0 Å². The molecule has 0 radical (unpaired) electrons. The van der Waals surface area contributed by atoms with Crippen LogP contribution < -0.4 is 0 Å². The van der Waals surface area contributed by atoms with E-state index >= 15 is 0 Å². The van der Waals surface area contributed by atoms with Crippen LogP contribution in [-0.2, 0) is 14.3 Å². The molecule has 0 aromatic heterocycles. The van der Waals surface area contributed by atoms with Gasteiger partial charge in [-0.15, -0.1) is 0 Å². The molecule has 19 heavy (non-hydrogen) atoms. The Bertz CT molecular complexity index is 511. The molecule has 0 bridgehead atoms. The Hall–Kier alpha value is -2.44. The van der Waals surface area contributed by atoms with Crippen LogP contribution in [-0.4, -0.2) is 29.9 Å². The summed E-state index contributed by atoms with van der Waals surface area (Å²) >= 11 is 0. The van der Waals surface area contributed by atoms with Gasteiger partial charge in [-0.3, -0.25) is 10.1 Å². The minimum atomic E-state index is -0.763. The standard InChI is InChI=1S/C12H12N2O5/c1-2-18-12(15)10-11(19-7-13-10)8-3-5-9(6-4-8)14(16)17/h3-7,10-11H,2H2,1H3/t10-,11?/m1/s1. The molecule has 2 atom stereocenters. The van der Waals surface area contributed by atoms with Crippen molar-refractivity contribution in [2.75, 3.05) is 6.61 Å². The van der Waals surface area contributed by atoms with Crippen LogP contribution in [0.4, 0.5) is 5.69 Å². The summed E-state index contributed by atoms with van der Waals surface area (Å²) in [7, 11) is 0. The molecule has 0 spiro atoms. The number of aliphatic imine (C=N–C) groups is 1. The van der Waals surface area contributed by atoms with Crippen molar-refractivity contribution in [1.29, 1.82) is 0 Å². The maximum absolute atomic E-state index is 11.7. The molecule has 7 nitrogen and oxygen atoms in total. The minimum Gasteiger partial charge on any atom is -0.473 e. The first-order chi connectivity index (χ1) is 9.13. The first-order valence-electron chi connectivity index (χ1n) is 5.71. The lowest BCUT2D eigenvalue weighted by atomic mass is 10.0. The number of ether oxygens (including phenoxy) is 2. The molecular formula is C12H12N2O5. The smallest absolute Gasteiger partial charge is 0.335 e. The maximum Gasteiger partial charge on any atom is 0.335 e. The van der Waals surface area contributed by atoms with E-state index in [-0.39, 0.29) is 12.3 Å². The zero-order valence-electron chi connectivity index (χ0n) is 10.2. The van der Waals surface area contributed by atoms with Crippen molar-refractivity contribution < 1.29 is 19.2 Å². The number of benzene rings is 1. The number of esters is 1. The number of rotatable bonds is 4. The quantitative estimate of drug-likeness (QED) is 0.468. The van der Waals surface area contributed by atoms with E-state index in [0.29, 0.717) is 5.56 Å². The van der Waals surface area contributed by atoms with Crippen LogP contribution in [0.2, 0.25) is 0 Å². The number of carbonyl (C=O) groups excluding carboxylic acids is 1. The molecule has 0 N–H and O–H groups in total. The van der Waals surface area contributed by atoms with Crippen LogP contribution in [0.15, 0.2) is 29.3 Å². The van der Waals surface area contributed by atoms with Crippen molar-refractivity contribution in [2.45, 2.75) is 19.1 Å². The van der Waals surface area contributed by atoms with Gasteiger partial charge in [0.1, 0.15) is 0 Å². The molecule has 1 aliphatic heterocycles. The van der Waals surface area contributed by atoms with Gasteiger partial charge in [0, 0.05) is 12.1 Å². The number of non-ortho nitro benzene ring substituents is 1. The van der Waals surface area contributed by atoms with Gasteiger partial charge in [-0.1, -0.05) is 0 Å². The van der Waals surface area contributed by atoms with Crippen LogP contribution in [0.3, 0.4) is 0 Å². The fourth-order valence-electron chi connectivity index (χ4n) is 1.78. The monoisotopic (exact) mass is 264 g/mol. The highest BCUT2D eigenvalue weighted by molar-refractivity contribution is 5.80. The average molecular weight is 264 g/mol. The molecule has 0 amide bonds. The summed E-state index contributed by atoms with van der Waals surface area (Å²) in [6.07, 6.45) is 0.605. The summed E-state index contributed by atoms with van der Waals surface area (Å²) in [4.78, 5) is 25.7. The highest BCUT2D eigenvalue weighted by Gasteiger charge is 2.35. The third kappa shape index (κ3) is 2.70. The Kier molecular flexibility index (Phi) is 3.74. The fraction of sp³-hybridized carbons (Fsp3) is 0.333. The van der Waals surface area contributed by atoms with Gasteiger partial charge in [0.25, 0.3) is 5.69 Å². The van der Waals surface area contributed by atoms with Crippen LogP contribution in [0.25, 0.3) is 0 Å². The van der Waals surface area contributed by atoms with Gasteiger partial charge in [-0.05, 0) is 24.6 Å².